The van der Waals surface area contributed by atoms with Gasteiger partial charge in [-0.2, -0.15) is 10.5 Å². The van der Waals surface area contributed by atoms with E-state index in [-0.39, 0.29) is 25.6 Å². The van der Waals surface area contributed by atoms with E-state index in [1.54, 1.807) is 0 Å². The van der Waals surface area contributed by atoms with Gasteiger partial charge in [-0.15, -0.1) is 0 Å². The van der Waals surface area contributed by atoms with E-state index in [2.05, 4.69) is 83.8 Å². The molecule has 0 aliphatic carbocycles. The number of halogens is 1. The van der Waals surface area contributed by atoms with Crippen LogP contribution in [0.25, 0.3) is 10.8 Å². The summed E-state index contributed by atoms with van der Waals surface area (Å²) in [5.41, 5.74) is 5.34. The van der Waals surface area contributed by atoms with Gasteiger partial charge in [-0.1, -0.05) is 36.9 Å². The van der Waals surface area contributed by atoms with Crippen LogP contribution in [0, 0.1) is 29.6 Å². The van der Waals surface area contributed by atoms with E-state index >= 15 is 0 Å². The first-order valence-electron chi connectivity index (χ1n) is 15.6. The van der Waals surface area contributed by atoms with Crippen LogP contribution < -0.4 is 14.5 Å². The standard InChI is InChI=1S/C35H38FN7O2/c1-23-6-4-7-25-8-5-9-31(32(23)25)41-17-13-28-30(22-41)39-34(45-27-11-15-40(3)16-12-27)29(20-38)33(28)42-18-19-43(35(44)24(2)36)26(21-42)10-14-37/h4-9,26-27H,2,10-13,15-19,21-22H2,1,3H3/t26-/m0/s1. The van der Waals surface area contributed by atoms with Gasteiger partial charge in [0, 0.05) is 55.9 Å². The number of amides is 1. The van der Waals surface area contributed by atoms with Crippen molar-refractivity contribution < 1.29 is 13.9 Å². The number of hydrogen-bond donors (Lipinski definition) is 0. The SMILES string of the molecule is C=C(F)C(=O)N1CCN(c2c(C#N)c(OC3CCN(C)CC3)nc3c2CCN(c2cccc4cccc(C)c24)C3)C[C@@H]1CC#N. The molecule has 1 atom stereocenters. The summed E-state index contributed by atoms with van der Waals surface area (Å²) >= 11 is 0. The van der Waals surface area contributed by atoms with Gasteiger partial charge in [-0.25, -0.2) is 9.37 Å². The van der Waals surface area contributed by atoms with E-state index in [0.29, 0.717) is 31.0 Å². The lowest BCUT2D eigenvalue weighted by molar-refractivity contribution is -0.131. The molecule has 232 valence electrons. The van der Waals surface area contributed by atoms with E-state index < -0.39 is 17.8 Å². The Hall–Kier alpha value is -4.67. The Morgan fingerprint density at radius 3 is 2.56 bits per heavy atom. The van der Waals surface area contributed by atoms with Gasteiger partial charge < -0.3 is 24.3 Å². The Balaban J connectivity index is 1.41. The third kappa shape index (κ3) is 5.91. The molecule has 4 heterocycles. The van der Waals surface area contributed by atoms with Gasteiger partial charge >= 0.3 is 0 Å². The van der Waals surface area contributed by atoms with Crippen molar-refractivity contribution in [1.82, 2.24) is 14.8 Å². The fraction of sp³-hybridized carbons (Fsp3) is 0.429. The topological polar surface area (TPSA) is 99.7 Å². The van der Waals surface area contributed by atoms with Crippen LogP contribution in [0.1, 0.15) is 41.6 Å². The molecule has 2 aromatic carbocycles. The molecule has 1 aromatic heterocycles. The average molecular weight is 608 g/mol. The minimum atomic E-state index is -1.04. The van der Waals surface area contributed by atoms with Crippen LogP contribution in [0.3, 0.4) is 0 Å². The molecular formula is C35H38FN7O2. The zero-order chi connectivity index (χ0) is 31.7. The number of ether oxygens (including phenoxy) is 1. The monoisotopic (exact) mass is 607 g/mol. The number of carbonyl (C=O) groups is 1. The first-order valence-corrected chi connectivity index (χ1v) is 15.6. The summed E-state index contributed by atoms with van der Waals surface area (Å²) in [5.74, 6) is -1.49. The highest BCUT2D eigenvalue weighted by atomic mass is 19.1. The largest absolute Gasteiger partial charge is 0.473 e. The zero-order valence-electron chi connectivity index (χ0n) is 25.9. The Kier molecular flexibility index (Phi) is 8.60. The van der Waals surface area contributed by atoms with Crippen molar-refractivity contribution in [3.05, 3.63) is 71.2 Å². The van der Waals surface area contributed by atoms with Crippen molar-refractivity contribution in [1.29, 1.82) is 10.5 Å². The van der Waals surface area contributed by atoms with Crippen LogP contribution in [0.2, 0.25) is 0 Å². The van der Waals surface area contributed by atoms with Gasteiger partial charge in [0.25, 0.3) is 5.91 Å². The fourth-order valence-electron chi connectivity index (χ4n) is 7.07. The second-order valence-corrected chi connectivity index (χ2v) is 12.3. The van der Waals surface area contributed by atoms with E-state index in [9.17, 15) is 19.7 Å². The lowest BCUT2D eigenvalue weighted by atomic mass is 9.95. The number of carbonyl (C=O) groups excluding carboxylic acids is 1. The van der Waals surface area contributed by atoms with Gasteiger partial charge in [-0.3, -0.25) is 4.79 Å². The minimum Gasteiger partial charge on any atom is -0.473 e. The summed E-state index contributed by atoms with van der Waals surface area (Å²) in [5, 5.41) is 22.5. The number of pyridine rings is 1. The first-order chi connectivity index (χ1) is 21.8. The number of nitriles is 2. The molecule has 3 aromatic rings. The molecule has 3 aliphatic rings. The number of likely N-dealkylation sites (tertiary alicyclic amines) is 1. The Bertz CT molecular complexity index is 1710. The second kappa shape index (κ2) is 12.7. The normalized spacial score (nSPS) is 19.1. The van der Waals surface area contributed by atoms with Crippen molar-refractivity contribution in [2.75, 3.05) is 56.1 Å². The number of aromatic nitrogens is 1. The molecule has 0 bridgehead atoms. The molecule has 1 amide bonds. The molecule has 10 heteroatoms. The maximum absolute atomic E-state index is 13.9. The fourth-order valence-corrected chi connectivity index (χ4v) is 7.07. The molecule has 9 nitrogen and oxygen atoms in total. The number of nitrogens with zero attached hydrogens (tertiary/aromatic N) is 7. The van der Waals surface area contributed by atoms with Gasteiger partial charge in [-0.05, 0) is 50.2 Å². The number of rotatable bonds is 6. The summed E-state index contributed by atoms with van der Waals surface area (Å²) in [7, 11) is 2.09. The summed E-state index contributed by atoms with van der Waals surface area (Å²) in [6.07, 6.45) is 2.33. The Labute approximate surface area is 263 Å². The molecule has 0 N–H and O–H groups in total. The molecule has 0 radical (unpaired) electrons. The van der Waals surface area contributed by atoms with E-state index in [0.717, 1.165) is 55.1 Å². The summed E-state index contributed by atoms with van der Waals surface area (Å²) in [6, 6.07) is 16.7. The first kappa shape index (κ1) is 30.4. The quantitative estimate of drug-likeness (QED) is 0.366. The highest BCUT2D eigenvalue weighted by Crippen LogP contribution is 2.40. The van der Waals surface area contributed by atoms with Gasteiger partial charge in [0.1, 0.15) is 17.7 Å². The summed E-state index contributed by atoms with van der Waals surface area (Å²) < 4.78 is 20.4. The number of piperazine rings is 1. The third-order valence-corrected chi connectivity index (χ3v) is 9.40. The molecule has 3 aliphatic heterocycles. The molecule has 0 saturated carbocycles. The van der Waals surface area contributed by atoms with Crippen molar-refractivity contribution >= 4 is 28.1 Å². The van der Waals surface area contributed by atoms with Crippen LogP contribution in [-0.2, 0) is 17.8 Å². The minimum absolute atomic E-state index is 0.0395. The number of aryl methyl sites for hydroxylation is 1. The van der Waals surface area contributed by atoms with Crippen molar-refractivity contribution in [3.63, 3.8) is 0 Å². The lowest BCUT2D eigenvalue weighted by Gasteiger charge is -2.43. The van der Waals surface area contributed by atoms with Gasteiger partial charge in [0.15, 0.2) is 5.83 Å². The molecule has 45 heavy (non-hydrogen) atoms. The number of benzene rings is 2. The van der Waals surface area contributed by atoms with Crippen LogP contribution in [0.4, 0.5) is 15.8 Å². The van der Waals surface area contributed by atoms with Gasteiger partial charge in [0.05, 0.1) is 36.5 Å². The van der Waals surface area contributed by atoms with E-state index in [1.165, 1.54) is 21.2 Å². The van der Waals surface area contributed by atoms with Crippen molar-refractivity contribution in [2.24, 2.45) is 0 Å². The van der Waals surface area contributed by atoms with Gasteiger partial charge in [0.2, 0.25) is 5.88 Å². The highest BCUT2D eigenvalue weighted by Gasteiger charge is 2.36. The molecule has 0 spiro atoms. The number of fused-ring (bicyclic) bond motifs is 2. The molecule has 6 rings (SSSR count). The van der Waals surface area contributed by atoms with E-state index in [1.807, 2.05) is 0 Å². The Morgan fingerprint density at radius 2 is 1.84 bits per heavy atom. The third-order valence-electron chi connectivity index (χ3n) is 9.40. The predicted octanol–water partition coefficient (Wildman–Crippen LogP) is 4.86. The van der Waals surface area contributed by atoms with E-state index in [4.69, 9.17) is 9.72 Å². The van der Waals surface area contributed by atoms with Crippen molar-refractivity contribution in [3.8, 4) is 18.0 Å². The molecular weight excluding hydrogens is 569 g/mol. The molecule has 2 fully saturated rings. The Morgan fingerprint density at radius 1 is 1.09 bits per heavy atom. The lowest BCUT2D eigenvalue weighted by Crippen LogP contribution is -2.55. The second-order valence-electron chi connectivity index (χ2n) is 12.3. The van der Waals surface area contributed by atoms with Crippen LogP contribution in [-0.4, -0.2) is 79.2 Å². The predicted molar refractivity (Wildman–Crippen MR) is 172 cm³/mol. The maximum atomic E-state index is 13.9. The number of hydrogen-bond acceptors (Lipinski definition) is 8. The summed E-state index contributed by atoms with van der Waals surface area (Å²) in [4.78, 5) is 25.7. The maximum Gasteiger partial charge on any atom is 0.282 e. The van der Waals surface area contributed by atoms with Crippen LogP contribution >= 0.6 is 0 Å². The van der Waals surface area contributed by atoms with Crippen LogP contribution in [0.15, 0.2) is 48.8 Å². The highest BCUT2D eigenvalue weighted by molar-refractivity contribution is 5.97. The summed E-state index contributed by atoms with van der Waals surface area (Å²) in [6.45, 7) is 9.29. The van der Waals surface area contributed by atoms with Crippen molar-refractivity contribution in [2.45, 2.75) is 51.3 Å². The number of piperidine rings is 1. The smallest absolute Gasteiger partial charge is 0.282 e. The average Bonchev–Trinajstić information content (AvgIpc) is 3.04. The number of anilines is 2. The molecule has 2 saturated heterocycles. The van der Waals surface area contributed by atoms with Crippen LogP contribution in [0.5, 0.6) is 5.88 Å². The molecule has 0 unspecified atom stereocenters. The zero-order valence-corrected chi connectivity index (χ0v) is 25.9.